The Kier molecular flexibility index (Phi) is 4.74. The van der Waals surface area contributed by atoms with Crippen molar-refractivity contribution in [2.45, 2.75) is 13.0 Å². The van der Waals surface area contributed by atoms with E-state index in [0.29, 0.717) is 25.3 Å². The largest absolute Gasteiger partial charge is 0.383 e. The molecule has 1 aromatic carbocycles. The van der Waals surface area contributed by atoms with E-state index in [9.17, 15) is 4.79 Å². The first-order valence-electron chi connectivity index (χ1n) is 7.28. The van der Waals surface area contributed by atoms with E-state index in [4.69, 9.17) is 0 Å². The highest BCUT2D eigenvalue weighted by atomic mass is 79.9. The summed E-state index contributed by atoms with van der Waals surface area (Å²) >= 11 is 3.43. The van der Waals surface area contributed by atoms with Crippen LogP contribution in [0.15, 0.2) is 28.7 Å². The van der Waals surface area contributed by atoms with Crippen LogP contribution in [0, 0.1) is 0 Å². The predicted molar refractivity (Wildman–Crippen MR) is 89.0 cm³/mol. The topological polar surface area (TPSA) is 81.8 Å². The Morgan fingerprint density at radius 2 is 2.27 bits per heavy atom. The number of anilines is 1. The van der Waals surface area contributed by atoms with Crippen LogP contribution >= 0.6 is 15.9 Å². The number of fused-ring (bicyclic) bond motifs is 1. The summed E-state index contributed by atoms with van der Waals surface area (Å²) in [6.07, 6.45) is 0.889. The van der Waals surface area contributed by atoms with Gasteiger partial charge in [-0.15, -0.1) is 0 Å². The molecule has 6 nitrogen and oxygen atoms in total. The van der Waals surface area contributed by atoms with Gasteiger partial charge in [0.05, 0.1) is 0 Å². The number of hydrogen-bond acceptors (Lipinski definition) is 4. The molecule has 1 aromatic heterocycles. The van der Waals surface area contributed by atoms with E-state index in [2.05, 4.69) is 42.1 Å². The van der Waals surface area contributed by atoms with Gasteiger partial charge in [0.15, 0.2) is 5.69 Å². The van der Waals surface area contributed by atoms with Gasteiger partial charge in [-0.1, -0.05) is 22.0 Å². The molecule has 3 rings (SSSR count). The molecule has 116 valence electrons. The Bertz CT molecular complexity index is 670. The van der Waals surface area contributed by atoms with Crippen LogP contribution < -0.4 is 16.0 Å². The monoisotopic (exact) mass is 363 g/mol. The van der Waals surface area contributed by atoms with Crippen molar-refractivity contribution in [3.63, 3.8) is 0 Å². The molecular weight excluding hydrogens is 346 g/mol. The lowest BCUT2D eigenvalue weighted by Crippen LogP contribution is -2.31. The molecule has 0 unspecified atom stereocenters. The number of nitrogens with one attached hydrogen (secondary N) is 4. The van der Waals surface area contributed by atoms with Gasteiger partial charge in [-0.05, 0) is 18.2 Å². The molecule has 0 radical (unpaired) electrons. The SMILES string of the molecule is O=C(NCCNc1cccc(Br)c1)c1n[nH]c2c1CNCC2. The Balaban J connectivity index is 1.49. The third kappa shape index (κ3) is 3.48. The lowest BCUT2D eigenvalue weighted by Gasteiger charge is -2.13. The molecule has 0 atom stereocenters. The van der Waals surface area contributed by atoms with Gasteiger partial charge in [-0.25, -0.2) is 0 Å². The van der Waals surface area contributed by atoms with Gasteiger partial charge in [0.25, 0.3) is 5.91 Å². The smallest absolute Gasteiger partial charge is 0.272 e. The first-order valence-corrected chi connectivity index (χ1v) is 8.08. The van der Waals surface area contributed by atoms with Crippen LogP contribution in [0.4, 0.5) is 5.69 Å². The minimum atomic E-state index is -0.128. The van der Waals surface area contributed by atoms with Crippen LogP contribution in [0.3, 0.4) is 0 Å². The molecule has 2 heterocycles. The van der Waals surface area contributed by atoms with Gasteiger partial charge < -0.3 is 16.0 Å². The number of halogens is 1. The van der Waals surface area contributed by atoms with E-state index in [1.165, 1.54) is 0 Å². The molecule has 0 saturated heterocycles. The third-order valence-corrected chi connectivity index (χ3v) is 4.08. The summed E-state index contributed by atoms with van der Waals surface area (Å²) in [5, 5.41) is 16.5. The highest BCUT2D eigenvalue weighted by molar-refractivity contribution is 9.10. The normalized spacial score (nSPS) is 13.5. The number of benzene rings is 1. The number of amides is 1. The van der Waals surface area contributed by atoms with Gasteiger partial charge in [-0.3, -0.25) is 9.89 Å². The maximum absolute atomic E-state index is 12.2. The zero-order valence-electron chi connectivity index (χ0n) is 12.1. The van der Waals surface area contributed by atoms with Gasteiger partial charge >= 0.3 is 0 Å². The maximum Gasteiger partial charge on any atom is 0.272 e. The van der Waals surface area contributed by atoms with Crippen LogP contribution in [-0.2, 0) is 13.0 Å². The summed E-state index contributed by atoms with van der Waals surface area (Å²) in [7, 11) is 0. The van der Waals surface area contributed by atoms with Crippen LogP contribution in [0.2, 0.25) is 0 Å². The second-order valence-corrected chi connectivity index (χ2v) is 6.06. The average Bonchev–Trinajstić information content (AvgIpc) is 2.95. The molecule has 2 aromatic rings. The molecule has 22 heavy (non-hydrogen) atoms. The molecule has 0 aliphatic carbocycles. The van der Waals surface area contributed by atoms with Crippen LogP contribution in [0.5, 0.6) is 0 Å². The first-order chi connectivity index (χ1) is 10.7. The Morgan fingerprint density at radius 1 is 1.36 bits per heavy atom. The van der Waals surface area contributed by atoms with E-state index in [1.54, 1.807) is 0 Å². The summed E-state index contributed by atoms with van der Waals surface area (Å²) in [5.74, 6) is -0.128. The summed E-state index contributed by atoms with van der Waals surface area (Å²) < 4.78 is 1.03. The fraction of sp³-hybridized carbons (Fsp3) is 0.333. The first kappa shape index (κ1) is 15.1. The highest BCUT2D eigenvalue weighted by Crippen LogP contribution is 2.16. The van der Waals surface area contributed by atoms with Gasteiger partial charge in [0.1, 0.15) is 0 Å². The number of aromatic nitrogens is 2. The zero-order chi connectivity index (χ0) is 15.4. The van der Waals surface area contributed by atoms with Crippen molar-refractivity contribution in [3.8, 4) is 0 Å². The summed E-state index contributed by atoms with van der Waals surface area (Å²) in [6, 6.07) is 7.93. The van der Waals surface area contributed by atoms with Crippen molar-refractivity contribution in [1.29, 1.82) is 0 Å². The second-order valence-electron chi connectivity index (χ2n) is 5.15. The van der Waals surface area contributed by atoms with E-state index >= 15 is 0 Å². The molecule has 1 aliphatic rings. The predicted octanol–water partition coefficient (Wildman–Crippen LogP) is 1.66. The standard InChI is InChI=1S/C15H18BrN5O/c16-10-2-1-3-11(8-10)18-6-7-19-15(22)14-12-9-17-5-4-13(12)20-21-14/h1-3,8,17-18H,4-7,9H2,(H,19,22)(H,20,21). The molecule has 0 fully saturated rings. The molecule has 0 bridgehead atoms. The molecule has 7 heteroatoms. The zero-order valence-corrected chi connectivity index (χ0v) is 13.7. The van der Waals surface area contributed by atoms with Crippen molar-refractivity contribution < 1.29 is 4.79 Å². The Hall–Kier alpha value is -1.86. The minimum absolute atomic E-state index is 0.128. The van der Waals surface area contributed by atoms with Crippen molar-refractivity contribution in [2.24, 2.45) is 0 Å². The van der Waals surface area contributed by atoms with E-state index in [0.717, 1.165) is 34.4 Å². The number of nitrogens with zero attached hydrogens (tertiary/aromatic N) is 1. The summed E-state index contributed by atoms with van der Waals surface area (Å²) in [4.78, 5) is 12.2. The summed E-state index contributed by atoms with van der Waals surface area (Å²) in [5.41, 5.74) is 3.58. The van der Waals surface area contributed by atoms with Gasteiger partial charge in [-0.2, -0.15) is 5.10 Å². The highest BCUT2D eigenvalue weighted by Gasteiger charge is 2.20. The number of hydrogen-bond donors (Lipinski definition) is 4. The van der Waals surface area contributed by atoms with Crippen LogP contribution in [0.1, 0.15) is 21.7 Å². The third-order valence-electron chi connectivity index (χ3n) is 3.59. The van der Waals surface area contributed by atoms with E-state index < -0.39 is 0 Å². The number of aromatic amines is 1. The van der Waals surface area contributed by atoms with Crippen LogP contribution in [-0.4, -0.2) is 35.7 Å². The van der Waals surface area contributed by atoms with E-state index in [-0.39, 0.29) is 5.91 Å². The number of carbonyl (C=O) groups excluding carboxylic acids is 1. The summed E-state index contributed by atoms with van der Waals surface area (Å²) in [6.45, 7) is 2.82. The average molecular weight is 364 g/mol. The van der Waals surface area contributed by atoms with Crippen molar-refractivity contribution in [2.75, 3.05) is 25.0 Å². The lowest BCUT2D eigenvalue weighted by molar-refractivity contribution is 0.0949. The van der Waals surface area contributed by atoms with Gasteiger partial charge in [0, 0.05) is 54.0 Å². The maximum atomic E-state index is 12.2. The number of rotatable bonds is 5. The molecule has 4 N–H and O–H groups in total. The van der Waals surface area contributed by atoms with E-state index in [1.807, 2.05) is 24.3 Å². The lowest BCUT2D eigenvalue weighted by atomic mass is 10.1. The fourth-order valence-corrected chi connectivity index (χ4v) is 2.88. The number of H-pyrrole nitrogens is 1. The Labute approximate surface area is 137 Å². The fourth-order valence-electron chi connectivity index (χ4n) is 2.48. The molecule has 1 amide bonds. The van der Waals surface area contributed by atoms with Crippen molar-refractivity contribution >= 4 is 27.5 Å². The minimum Gasteiger partial charge on any atom is -0.383 e. The quantitative estimate of drug-likeness (QED) is 0.609. The molecule has 1 aliphatic heterocycles. The molecular formula is C15H18BrN5O. The Morgan fingerprint density at radius 3 is 3.14 bits per heavy atom. The van der Waals surface area contributed by atoms with Crippen molar-refractivity contribution in [1.82, 2.24) is 20.8 Å². The number of carbonyl (C=O) groups is 1. The molecule has 0 saturated carbocycles. The second kappa shape index (κ2) is 6.93. The van der Waals surface area contributed by atoms with Crippen LogP contribution in [0.25, 0.3) is 0 Å². The molecule has 0 spiro atoms. The van der Waals surface area contributed by atoms with Gasteiger partial charge in [0.2, 0.25) is 0 Å². The van der Waals surface area contributed by atoms with Crippen molar-refractivity contribution in [3.05, 3.63) is 45.7 Å².